The predicted molar refractivity (Wildman–Crippen MR) is 203 cm³/mol. The predicted octanol–water partition coefficient (Wildman–Crippen LogP) is 9.58. The second-order valence-electron chi connectivity index (χ2n) is 14.1. The first kappa shape index (κ1) is 29.1. The highest BCUT2D eigenvalue weighted by Crippen LogP contribution is 2.48. The third-order valence-corrected chi connectivity index (χ3v) is 11.3. The van der Waals surface area contributed by atoms with Gasteiger partial charge in [-0.15, -0.1) is 0 Å². The second kappa shape index (κ2) is 11.4. The molecule has 6 heteroatoms. The number of nitrogens with zero attached hydrogens (tertiary/aromatic N) is 1. The number of para-hydroxylation sites is 3. The molecule has 51 heavy (non-hydrogen) atoms. The van der Waals surface area contributed by atoms with Crippen molar-refractivity contribution in [3.05, 3.63) is 168 Å². The maximum Gasteiger partial charge on any atom is 0.146 e. The number of ether oxygens (including phenoxy) is 1. The number of nitrogens with one attached hydrogen (secondary N) is 2. The molecule has 4 aromatic carbocycles. The quantitative estimate of drug-likeness (QED) is 0.196. The molecule has 1 fully saturated rings. The molecule has 0 bridgehead atoms. The lowest BCUT2D eigenvalue weighted by Gasteiger charge is -2.37. The first-order chi connectivity index (χ1) is 25.3. The first-order valence-corrected chi connectivity index (χ1v) is 18.0. The minimum absolute atomic E-state index is 0.0326. The molecule has 0 amide bonds. The van der Waals surface area contributed by atoms with Crippen molar-refractivity contribution in [2.75, 3.05) is 0 Å². The molecule has 7 atom stereocenters. The third kappa shape index (κ3) is 4.53. The van der Waals surface area contributed by atoms with E-state index in [-0.39, 0.29) is 42.3 Å². The Balaban J connectivity index is 1.04. The Morgan fingerprint density at radius 2 is 1.45 bits per heavy atom. The molecule has 6 nitrogen and oxygen atoms in total. The monoisotopic (exact) mass is 665 g/mol. The summed E-state index contributed by atoms with van der Waals surface area (Å²) in [5, 5.41) is 11.1. The zero-order valence-corrected chi connectivity index (χ0v) is 27.8. The van der Waals surface area contributed by atoms with Crippen molar-refractivity contribution in [1.82, 2.24) is 10.6 Å². The van der Waals surface area contributed by atoms with E-state index in [0.717, 1.165) is 67.6 Å². The van der Waals surface area contributed by atoms with Crippen LogP contribution in [0.25, 0.3) is 44.6 Å². The molecule has 4 heterocycles. The standard InChI is InChI=1S/C45H35N3O3/c1-2-12-26(13-3-1)43-46-44(33-20-11-25-38-40(33)32-15-5-7-23-36(32)50-38)48-45(47-43)34-21-9-19-30-29-18-8-17-28(41(29)51-42(30)34)27-16-10-24-37-39(27)31-14-4-6-22-35(31)49-37/h1-19,21-25,31,33,35,37,39,43-44,46H,20H2,(H,47,48). The van der Waals surface area contributed by atoms with E-state index in [1.54, 1.807) is 0 Å². The maximum absolute atomic E-state index is 7.02. The minimum Gasteiger partial charge on any atom is -0.456 e. The number of hydrogen-bond acceptors (Lipinski definition) is 6. The van der Waals surface area contributed by atoms with Gasteiger partial charge in [-0.3, -0.25) is 5.32 Å². The number of allylic oxidation sites excluding steroid dienone is 5. The van der Waals surface area contributed by atoms with Gasteiger partial charge in [0.2, 0.25) is 0 Å². The van der Waals surface area contributed by atoms with Gasteiger partial charge in [-0.05, 0) is 35.8 Å². The van der Waals surface area contributed by atoms with Crippen LogP contribution in [-0.2, 0) is 4.74 Å². The molecule has 1 saturated heterocycles. The number of furan rings is 2. The number of aliphatic imine (C=N–C) groups is 1. The van der Waals surface area contributed by atoms with E-state index in [0.29, 0.717) is 0 Å². The summed E-state index contributed by atoms with van der Waals surface area (Å²) >= 11 is 0. The van der Waals surface area contributed by atoms with Crippen molar-refractivity contribution in [2.45, 2.75) is 36.9 Å². The third-order valence-electron chi connectivity index (χ3n) is 11.3. The molecule has 7 unspecified atom stereocenters. The van der Waals surface area contributed by atoms with Crippen LogP contribution in [0.5, 0.6) is 0 Å². The lowest BCUT2D eigenvalue weighted by Crippen LogP contribution is -2.54. The van der Waals surface area contributed by atoms with Gasteiger partial charge < -0.3 is 18.9 Å². The molecule has 3 aliphatic carbocycles. The van der Waals surface area contributed by atoms with Crippen LogP contribution in [0.1, 0.15) is 46.5 Å². The molecule has 5 aliphatic rings. The Labute approximate surface area is 295 Å². The largest absolute Gasteiger partial charge is 0.456 e. The van der Waals surface area contributed by atoms with Crippen molar-refractivity contribution >= 4 is 50.4 Å². The van der Waals surface area contributed by atoms with E-state index in [2.05, 4.69) is 144 Å². The molecule has 0 spiro atoms. The number of benzene rings is 4. The van der Waals surface area contributed by atoms with Crippen LogP contribution in [-0.4, -0.2) is 24.2 Å². The zero-order valence-electron chi connectivity index (χ0n) is 27.8. The highest BCUT2D eigenvalue weighted by atomic mass is 16.5. The molecule has 2 aromatic heterocycles. The van der Waals surface area contributed by atoms with Crippen molar-refractivity contribution in [1.29, 1.82) is 0 Å². The average Bonchev–Trinajstić information content (AvgIpc) is 3.89. The molecule has 11 rings (SSSR count). The molecular weight excluding hydrogens is 631 g/mol. The van der Waals surface area contributed by atoms with E-state index < -0.39 is 0 Å². The van der Waals surface area contributed by atoms with Gasteiger partial charge in [0.15, 0.2) is 0 Å². The van der Waals surface area contributed by atoms with E-state index >= 15 is 0 Å². The number of fused-ring (bicyclic) bond motifs is 9. The van der Waals surface area contributed by atoms with Crippen LogP contribution in [0, 0.1) is 11.8 Å². The Hall–Kier alpha value is -5.69. The lowest BCUT2D eigenvalue weighted by atomic mass is 9.75. The molecule has 2 aliphatic heterocycles. The fourth-order valence-corrected chi connectivity index (χ4v) is 9.05. The fraction of sp³-hybridized carbons (Fsp3) is 0.178. The van der Waals surface area contributed by atoms with Gasteiger partial charge in [0.25, 0.3) is 0 Å². The van der Waals surface area contributed by atoms with Crippen LogP contribution in [0.4, 0.5) is 0 Å². The number of amidine groups is 1. The summed E-state index contributed by atoms with van der Waals surface area (Å²) in [6.07, 6.45) is 20.3. The number of hydrogen-bond donors (Lipinski definition) is 2. The van der Waals surface area contributed by atoms with Gasteiger partial charge in [0.1, 0.15) is 34.5 Å². The summed E-state index contributed by atoms with van der Waals surface area (Å²) < 4.78 is 19.9. The summed E-state index contributed by atoms with van der Waals surface area (Å²) in [5.74, 6) is 2.36. The molecule has 248 valence electrons. The summed E-state index contributed by atoms with van der Waals surface area (Å²) in [6.45, 7) is 0. The second-order valence-corrected chi connectivity index (χ2v) is 14.1. The van der Waals surface area contributed by atoms with Crippen molar-refractivity contribution in [3.63, 3.8) is 0 Å². The highest BCUT2D eigenvalue weighted by molar-refractivity contribution is 6.16. The summed E-state index contributed by atoms with van der Waals surface area (Å²) in [6, 6.07) is 31.8. The molecular formula is C45H35N3O3. The average molecular weight is 666 g/mol. The Morgan fingerprint density at radius 3 is 2.35 bits per heavy atom. The summed E-state index contributed by atoms with van der Waals surface area (Å²) in [5.41, 5.74) is 8.32. The topological polar surface area (TPSA) is 71.9 Å². The van der Waals surface area contributed by atoms with Gasteiger partial charge in [0, 0.05) is 45.0 Å². The Bertz CT molecular complexity index is 2550. The Morgan fingerprint density at radius 1 is 0.686 bits per heavy atom. The lowest BCUT2D eigenvalue weighted by molar-refractivity contribution is 0.0891. The van der Waals surface area contributed by atoms with Crippen LogP contribution in [0.15, 0.2) is 153 Å². The van der Waals surface area contributed by atoms with Gasteiger partial charge in [-0.25, -0.2) is 4.99 Å². The van der Waals surface area contributed by atoms with E-state index in [1.807, 2.05) is 12.1 Å². The van der Waals surface area contributed by atoms with Crippen LogP contribution >= 0.6 is 0 Å². The van der Waals surface area contributed by atoms with Crippen molar-refractivity contribution in [3.8, 4) is 0 Å². The van der Waals surface area contributed by atoms with E-state index in [4.69, 9.17) is 18.6 Å². The van der Waals surface area contributed by atoms with Crippen molar-refractivity contribution < 1.29 is 13.6 Å². The van der Waals surface area contributed by atoms with E-state index in [9.17, 15) is 0 Å². The Kier molecular flexibility index (Phi) is 6.51. The molecule has 0 radical (unpaired) electrons. The molecule has 0 saturated carbocycles. The highest BCUT2D eigenvalue weighted by Gasteiger charge is 2.45. The normalized spacial score (nSPS) is 27.6. The fourth-order valence-electron chi connectivity index (χ4n) is 9.05. The SMILES string of the molecule is C1=CC2OC3C=CC=C(c4cccc5c4oc4c(C6=NC(c7ccccc7)NC(C7CC=Cc8oc9ccccc9c87)N6)cccc45)C3C2C=C1. The smallest absolute Gasteiger partial charge is 0.146 e. The summed E-state index contributed by atoms with van der Waals surface area (Å²) in [4.78, 5) is 5.34. The van der Waals surface area contributed by atoms with E-state index in [1.165, 1.54) is 11.1 Å². The number of rotatable bonds is 4. The first-order valence-electron chi connectivity index (χ1n) is 18.0. The van der Waals surface area contributed by atoms with Crippen LogP contribution in [0.2, 0.25) is 0 Å². The van der Waals surface area contributed by atoms with Gasteiger partial charge in [-0.1, -0.05) is 127 Å². The zero-order chi connectivity index (χ0) is 33.5. The van der Waals surface area contributed by atoms with Gasteiger partial charge >= 0.3 is 0 Å². The van der Waals surface area contributed by atoms with Crippen LogP contribution in [0.3, 0.4) is 0 Å². The van der Waals surface area contributed by atoms with Crippen LogP contribution < -0.4 is 10.6 Å². The van der Waals surface area contributed by atoms with Gasteiger partial charge in [-0.2, -0.15) is 0 Å². The minimum atomic E-state index is -0.251. The molecule has 2 N–H and O–H groups in total. The molecule has 6 aromatic rings. The van der Waals surface area contributed by atoms with Crippen molar-refractivity contribution in [2.24, 2.45) is 16.8 Å². The van der Waals surface area contributed by atoms with Gasteiger partial charge in [0.05, 0.1) is 23.9 Å². The maximum atomic E-state index is 7.02. The summed E-state index contributed by atoms with van der Waals surface area (Å²) in [7, 11) is 0.